The number of halogens is 1. The van der Waals surface area contributed by atoms with Crippen molar-refractivity contribution in [1.29, 1.82) is 0 Å². The fourth-order valence-corrected chi connectivity index (χ4v) is 4.33. The van der Waals surface area contributed by atoms with Crippen LogP contribution in [0.2, 0.25) is 0 Å². The Morgan fingerprint density at radius 2 is 2.03 bits per heavy atom. The number of fused-ring (bicyclic) bond motifs is 1. The predicted molar refractivity (Wildman–Crippen MR) is 115 cm³/mol. The van der Waals surface area contributed by atoms with E-state index >= 15 is 0 Å². The van der Waals surface area contributed by atoms with Crippen LogP contribution in [0.3, 0.4) is 0 Å². The first-order chi connectivity index (χ1) is 14.0. The van der Waals surface area contributed by atoms with Crippen molar-refractivity contribution in [3.05, 3.63) is 92.7 Å². The number of rotatable bonds is 5. The lowest BCUT2D eigenvalue weighted by atomic mass is 10.1. The van der Waals surface area contributed by atoms with Crippen LogP contribution in [0.1, 0.15) is 15.9 Å². The second kappa shape index (κ2) is 8.06. The van der Waals surface area contributed by atoms with Crippen molar-refractivity contribution >= 4 is 54.2 Å². The number of non-ortho nitro benzene ring substituents is 1. The van der Waals surface area contributed by atoms with E-state index in [0.29, 0.717) is 5.13 Å². The molecule has 2 aromatic carbocycles. The van der Waals surface area contributed by atoms with Crippen molar-refractivity contribution < 1.29 is 9.72 Å². The minimum atomic E-state index is -0.516. The number of thiazole rings is 1. The molecule has 4 rings (SSSR count). The standard InChI is InChI=1S/C20H13BrN4O3S/c21-15-6-7-17-18(10-15)29-20(23-17)24(12-13-3-2-8-22-11-13)19(26)14-4-1-5-16(9-14)25(27)28/h1-11H,12H2. The van der Waals surface area contributed by atoms with Crippen LogP contribution in [0.5, 0.6) is 0 Å². The number of pyridine rings is 1. The number of hydrogen-bond acceptors (Lipinski definition) is 6. The van der Waals surface area contributed by atoms with Crippen molar-refractivity contribution in [3.63, 3.8) is 0 Å². The summed E-state index contributed by atoms with van der Waals surface area (Å²) < 4.78 is 1.85. The van der Waals surface area contributed by atoms with Gasteiger partial charge in [0.1, 0.15) is 0 Å². The molecule has 0 aliphatic heterocycles. The first-order valence-corrected chi connectivity index (χ1v) is 10.1. The van der Waals surface area contributed by atoms with Crippen molar-refractivity contribution in [3.8, 4) is 0 Å². The summed E-state index contributed by atoms with van der Waals surface area (Å²) in [6, 6.07) is 15.1. The Hall–Kier alpha value is -3.17. The Kier molecular flexibility index (Phi) is 5.32. The average Bonchev–Trinajstić information content (AvgIpc) is 3.15. The molecule has 0 bridgehead atoms. The van der Waals surface area contributed by atoms with E-state index in [0.717, 1.165) is 20.3 Å². The first-order valence-electron chi connectivity index (χ1n) is 8.52. The summed E-state index contributed by atoms with van der Waals surface area (Å²) in [4.78, 5) is 34.1. The van der Waals surface area contributed by atoms with Gasteiger partial charge in [0.15, 0.2) is 5.13 Å². The average molecular weight is 469 g/mol. The van der Waals surface area contributed by atoms with Gasteiger partial charge in [0.25, 0.3) is 11.6 Å². The number of anilines is 1. The van der Waals surface area contributed by atoms with Gasteiger partial charge in [0, 0.05) is 34.6 Å². The Bertz CT molecular complexity index is 1210. The Labute approximate surface area is 177 Å². The summed E-state index contributed by atoms with van der Waals surface area (Å²) in [5.74, 6) is -0.365. The number of nitro groups is 1. The summed E-state index contributed by atoms with van der Waals surface area (Å²) in [6.07, 6.45) is 3.34. The highest BCUT2D eigenvalue weighted by Gasteiger charge is 2.23. The number of carbonyl (C=O) groups is 1. The highest BCUT2D eigenvalue weighted by Crippen LogP contribution is 2.32. The zero-order valence-corrected chi connectivity index (χ0v) is 17.3. The van der Waals surface area contributed by atoms with Gasteiger partial charge in [-0.3, -0.25) is 24.8 Å². The highest BCUT2D eigenvalue weighted by atomic mass is 79.9. The molecular weight excluding hydrogens is 456 g/mol. The molecule has 0 N–H and O–H groups in total. The number of nitrogens with zero attached hydrogens (tertiary/aromatic N) is 4. The zero-order valence-electron chi connectivity index (χ0n) is 14.9. The number of carbonyl (C=O) groups excluding carboxylic acids is 1. The van der Waals surface area contributed by atoms with Gasteiger partial charge in [0.05, 0.1) is 21.7 Å². The van der Waals surface area contributed by atoms with Crippen LogP contribution < -0.4 is 4.90 Å². The van der Waals surface area contributed by atoms with Gasteiger partial charge in [-0.25, -0.2) is 4.98 Å². The summed E-state index contributed by atoms with van der Waals surface area (Å²) in [6.45, 7) is 0.246. The van der Waals surface area contributed by atoms with Gasteiger partial charge in [-0.2, -0.15) is 0 Å². The molecule has 0 spiro atoms. The van der Waals surface area contributed by atoms with Crippen LogP contribution in [0.15, 0.2) is 71.5 Å². The van der Waals surface area contributed by atoms with E-state index in [1.807, 2.05) is 24.3 Å². The van der Waals surface area contributed by atoms with Crippen molar-refractivity contribution in [2.45, 2.75) is 6.54 Å². The maximum atomic E-state index is 13.3. The zero-order chi connectivity index (χ0) is 20.4. The molecule has 4 aromatic rings. The van der Waals surface area contributed by atoms with Crippen molar-refractivity contribution in [2.24, 2.45) is 0 Å². The van der Waals surface area contributed by atoms with Gasteiger partial charge in [-0.1, -0.05) is 39.4 Å². The molecule has 7 nitrogen and oxygen atoms in total. The molecule has 0 radical (unpaired) electrons. The van der Waals surface area contributed by atoms with E-state index in [4.69, 9.17) is 0 Å². The number of nitro benzene ring substituents is 1. The third-order valence-corrected chi connectivity index (χ3v) is 5.72. The van der Waals surface area contributed by atoms with Crippen molar-refractivity contribution in [2.75, 3.05) is 4.90 Å². The second-order valence-corrected chi connectivity index (χ2v) is 8.09. The first kappa shape index (κ1) is 19.2. The van der Waals surface area contributed by atoms with Gasteiger partial charge in [0.2, 0.25) is 0 Å². The molecule has 0 atom stereocenters. The fraction of sp³-hybridized carbons (Fsp3) is 0.0500. The molecule has 29 heavy (non-hydrogen) atoms. The topological polar surface area (TPSA) is 89.2 Å². The molecule has 1 amide bonds. The minimum absolute atomic E-state index is 0.134. The van der Waals surface area contributed by atoms with E-state index in [2.05, 4.69) is 25.9 Å². The van der Waals surface area contributed by atoms with E-state index in [1.165, 1.54) is 34.4 Å². The van der Waals surface area contributed by atoms with Crippen LogP contribution in [0.25, 0.3) is 10.2 Å². The van der Waals surface area contributed by atoms with Crippen LogP contribution in [-0.2, 0) is 6.54 Å². The molecule has 0 saturated carbocycles. The van der Waals surface area contributed by atoms with Gasteiger partial charge >= 0.3 is 0 Å². The monoisotopic (exact) mass is 468 g/mol. The van der Waals surface area contributed by atoms with E-state index < -0.39 is 4.92 Å². The van der Waals surface area contributed by atoms with E-state index in [9.17, 15) is 14.9 Å². The van der Waals surface area contributed by atoms with Crippen LogP contribution in [-0.4, -0.2) is 20.8 Å². The molecule has 2 heterocycles. The summed E-state index contributed by atoms with van der Waals surface area (Å²) in [5.41, 5.74) is 1.69. The fourth-order valence-electron chi connectivity index (χ4n) is 2.81. The summed E-state index contributed by atoms with van der Waals surface area (Å²) in [7, 11) is 0. The SMILES string of the molecule is O=C(c1cccc([N+](=O)[O-])c1)N(Cc1cccnc1)c1nc2ccc(Br)cc2s1. The smallest absolute Gasteiger partial charge is 0.270 e. The lowest BCUT2D eigenvalue weighted by Crippen LogP contribution is -2.30. The van der Waals surface area contributed by atoms with Crippen molar-refractivity contribution in [1.82, 2.24) is 9.97 Å². The van der Waals surface area contributed by atoms with Crippen LogP contribution >= 0.6 is 27.3 Å². The Balaban J connectivity index is 1.77. The normalized spacial score (nSPS) is 10.8. The summed E-state index contributed by atoms with van der Waals surface area (Å²) >= 11 is 4.83. The maximum Gasteiger partial charge on any atom is 0.270 e. The third kappa shape index (κ3) is 4.15. The van der Waals surface area contributed by atoms with Crippen LogP contribution in [0.4, 0.5) is 10.8 Å². The molecule has 0 aliphatic rings. The molecule has 2 aromatic heterocycles. The third-order valence-electron chi connectivity index (χ3n) is 4.18. The molecule has 9 heteroatoms. The summed E-state index contributed by atoms with van der Waals surface area (Å²) in [5, 5.41) is 11.6. The lowest BCUT2D eigenvalue weighted by Gasteiger charge is -2.20. The largest absolute Gasteiger partial charge is 0.279 e. The van der Waals surface area contributed by atoms with E-state index in [-0.39, 0.29) is 23.7 Å². The Morgan fingerprint density at radius 3 is 2.79 bits per heavy atom. The Morgan fingerprint density at radius 1 is 1.17 bits per heavy atom. The molecule has 144 valence electrons. The highest BCUT2D eigenvalue weighted by molar-refractivity contribution is 9.10. The molecular formula is C20H13BrN4O3S. The molecule has 0 saturated heterocycles. The maximum absolute atomic E-state index is 13.3. The molecule has 0 aliphatic carbocycles. The van der Waals surface area contributed by atoms with Gasteiger partial charge < -0.3 is 0 Å². The number of amides is 1. The molecule has 0 fully saturated rings. The number of benzene rings is 2. The van der Waals surface area contributed by atoms with Crippen LogP contribution in [0, 0.1) is 10.1 Å². The lowest BCUT2D eigenvalue weighted by molar-refractivity contribution is -0.384. The second-order valence-electron chi connectivity index (χ2n) is 6.17. The molecule has 0 unspecified atom stereocenters. The predicted octanol–water partition coefficient (Wildman–Crippen LogP) is 5.21. The number of aromatic nitrogens is 2. The van der Waals surface area contributed by atoms with Gasteiger partial charge in [-0.15, -0.1) is 0 Å². The van der Waals surface area contributed by atoms with Gasteiger partial charge in [-0.05, 0) is 35.9 Å². The number of hydrogen-bond donors (Lipinski definition) is 0. The minimum Gasteiger partial charge on any atom is -0.279 e. The quantitative estimate of drug-likeness (QED) is 0.296. The van der Waals surface area contributed by atoms with E-state index in [1.54, 1.807) is 24.5 Å².